The molecule has 18 heavy (non-hydrogen) atoms. The highest BCUT2D eigenvalue weighted by Crippen LogP contribution is 2.18. The maximum Gasteiger partial charge on any atom is 0.203 e. The summed E-state index contributed by atoms with van der Waals surface area (Å²) in [5, 5.41) is 3.15. The molecule has 0 spiro atoms. The Morgan fingerprint density at radius 2 is 2.28 bits per heavy atom. The summed E-state index contributed by atoms with van der Waals surface area (Å²) in [5.74, 6) is 1.05. The van der Waals surface area contributed by atoms with Crippen LogP contribution in [0, 0.1) is 11.7 Å². The number of H-pyrrole nitrogens is 1. The lowest BCUT2D eigenvalue weighted by atomic mass is 10.2. The van der Waals surface area contributed by atoms with E-state index in [0.717, 1.165) is 30.1 Å². The first-order valence-corrected chi connectivity index (χ1v) is 6.11. The Balaban J connectivity index is 2.15. The second-order valence-corrected chi connectivity index (χ2v) is 4.77. The number of fused-ring (bicyclic) bond motifs is 1. The maximum atomic E-state index is 13.1. The number of aromatic nitrogens is 2. The normalized spacial score (nSPS) is 12.9. The second-order valence-electron chi connectivity index (χ2n) is 4.77. The lowest BCUT2D eigenvalue weighted by Crippen LogP contribution is -2.30. The molecule has 0 radical (unpaired) electrons. The first-order valence-electron chi connectivity index (χ1n) is 6.11. The van der Waals surface area contributed by atoms with Crippen molar-refractivity contribution in [2.24, 2.45) is 5.92 Å². The van der Waals surface area contributed by atoms with Crippen LogP contribution in [0.3, 0.4) is 0 Å². The van der Waals surface area contributed by atoms with Gasteiger partial charge in [-0.3, -0.25) is 0 Å². The van der Waals surface area contributed by atoms with Gasteiger partial charge < -0.3 is 15.2 Å². The van der Waals surface area contributed by atoms with Crippen LogP contribution in [0.1, 0.15) is 6.92 Å². The van der Waals surface area contributed by atoms with Gasteiger partial charge >= 0.3 is 0 Å². The Labute approximate surface area is 106 Å². The number of nitrogens with zero attached hydrogens (tertiary/aromatic N) is 2. The quantitative estimate of drug-likeness (QED) is 0.853. The van der Waals surface area contributed by atoms with E-state index in [2.05, 4.69) is 27.1 Å². The molecular weight excluding hydrogens is 231 g/mol. The molecule has 5 heteroatoms. The van der Waals surface area contributed by atoms with Gasteiger partial charge in [-0.1, -0.05) is 6.92 Å². The molecule has 4 nitrogen and oxygen atoms in total. The molecular formula is C13H19FN4. The molecule has 0 saturated heterocycles. The zero-order valence-electron chi connectivity index (χ0n) is 11.0. The lowest BCUT2D eigenvalue weighted by molar-refractivity contribution is 0.539. The third-order valence-corrected chi connectivity index (χ3v) is 2.93. The minimum atomic E-state index is -0.246. The van der Waals surface area contributed by atoms with Gasteiger partial charge in [0, 0.05) is 13.6 Å². The standard InChI is InChI=1S/C13H19FN4/c1-9(7-15-2)8-18(3)13-16-11-5-4-10(14)6-12(11)17-13/h4-6,9,15H,7-8H2,1-3H3,(H,16,17). The second kappa shape index (κ2) is 5.35. The molecule has 98 valence electrons. The van der Waals surface area contributed by atoms with Crippen LogP contribution in [0.25, 0.3) is 11.0 Å². The van der Waals surface area contributed by atoms with Crippen molar-refractivity contribution in [3.05, 3.63) is 24.0 Å². The van der Waals surface area contributed by atoms with E-state index in [9.17, 15) is 4.39 Å². The summed E-state index contributed by atoms with van der Waals surface area (Å²) < 4.78 is 13.1. The largest absolute Gasteiger partial charge is 0.345 e. The fraction of sp³-hybridized carbons (Fsp3) is 0.462. The van der Waals surface area contributed by atoms with Crippen LogP contribution in [0.4, 0.5) is 10.3 Å². The number of hydrogen-bond acceptors (Lipinski definition) is 3. The number of anilines is 1. The molecule has 2 aromatic rings. The molecule has 1 aromatic carbocycles. The Hall–Kier alpha value is -1.62. The molecule has 0 aliphatic rings. The third kappa shape index (κ3) is 2.79. The van der Waals surface area contributed by atoms with Crippen LogP contribution in [0.2, 0.25) is 0 Å². The van der Waals surface area contributed by atoms with Crippen LogP contribution in [-0.4, -0.2) is 37.2 Å². The van der Waals surface area contributed by atoms with E-state index in [1.807, 2.05) is 14.1 Å². The molecule has 2 N–H and O–H groups in total. The highest BCUT2D eigenvalue weighted by molar-refractivity contribution is 5.77. The van der Waals surface area contributed by atoms with E-state index in [0.29, 0.717) is 5.92 Å². The van der Waals surface area contributed by atoms with Crippen molar-refractivity contribution in [2.45, 2.75) is 6.92 Å². The molecule has 0 aliphatic carbocycles. The molecule has 0 amide bonds. The van der Waals surface area contributed by atoms with Gasteiger partial charge in [-0.15, -0.1) is 0 Å². The lowest BCUT2D eigenvalue weighted by Gasteiger charge is -2.20. The summed E-state index contributed by atoms with van der Waals surface area (Å²) in [4.78, 5) is 9.64. The molecule has 1 unspecified atom stereocenters. The van der Waals surface area contributed by atoms with Crippen molar-refractivity contribution in [3.8, 4) is 0 Å². The van der Waals surface area contributed by atoms with Crippen molar-refractivity contribution in [1.82, 2.24) is 15.3 Å². The molecule has 0 aliphatic heterocycles. The van der Waals surface area contributed by atoms with Crippen LogP contribution in [0.15, 0.2) is 18.2 Å². The van der Waals surface area contributed by atoms with Gasteiger partial charge in [-0.2, -0.15) is 0 Å². The molecule has 1 heterocycles. The zero-order valence-corrected chi connectivity index (χ0v) is 11.0. The summed E-state index contributed by atoms with van der Waals surface area (Å²) >= 11 is 0. The molecule has 1 aromatic heterocycles. The van der Waals surface area contributed by atoms with Gasteiger partial charge in [0.1, 0.15) is 5.82 Å². The summed E-state index contributed by atoms with van der Waals surface area (Å²) in [5.41, 5.74) is 1.53. The minimum absolute atomic E-state index is 0.246. The predicted octanol–water partition coefficient (Wildman–Crippen LogP) is 1.99. The molecule has 0 saturated carbocycles. The van der Waals surface area contributed by atoms with E-state index >= 15 is 0 Å². The molecule has 0 fully saturated rings. The fourth-order valence-electron chi connectivity index (χ4n) is 2.12. The Bertz CT molecular complexity index is 523. The molecule has 1 atom stereocenters. The van der Waals surface area contributed by atoms with E-state index < -0.39 is 0 Å². The number of imidazole rings is 1. The smallest absolute Gasteiger partial charge is 0.203 e. The van der Waals surface area contributed by atoms with Gasteiger partial charge in [-0.05, 0) is 37.7 Å². The summed E-state index contributed by atoms with van der Waals surface area (Å²) in [6.45, 7) is 4.03. The van der Waals surface area contributed by atoms with E-state index in [4.69, 9.17) is 0 Å². The molecule has 2 rings (SSSR count). The zero-order chi connectivity index (χ0) is 13.1. The summed E-state index contributed by atoms with van der Waals surface area (Å²) in [7, 11) is 3.93. The Morgan fingerprint density at radius 1 is 1.50 bits per heavy atom. The van der Waals surface area contributed by atoms with Crippen molar-refractivity contribution < 1.29 is 4.39 Å². The maximum absolute atomic E-state index is 13.1. The van der Waals surface area contributed by atoms with Gasteiger partial charge in [0.05, 0.1) is 11.0 Å². The predicted molar refractivity (Wildman–Crippen MR) is 72.4 cm³/mol. The van der Waals surface area contributed by atoms with Gasteiger partial charge in [0.2, 0.25) is 5.95 Å². The first kappa shape index (κ1) is 12.8. The van der Waals surface area contributed by atoms with E-state index in [-0.39, 0.29) is 5.82 Å². The number of rotatable bonds is 5. The Morgan fingerprint density at radius 3 is 3.00 bits per heavy atom. The minimum Gasteiger partial charge on any atom is -0.345 e. The fourth-order valence-corrected chi connectivity index (χ4v) is 2.12. The van der Waals surface area contributed by atoms with Crippen LogP contribution < -0.4 is 10.2 Å². The number of aromatic amines is 1. The van der Waals surface area contributed by atoms with Gasteiger partial charge in [0.15, 0.2) is 0 Å². The highest BCUT2D eigenvalue weighted by Gasteiger charge is 2.10. The third-order valence-electron chi connectivity index (χ3n) is 2.93. The van der Waals surface area contributed by atoms with E-state index in [1.54, 1.807) is 6.07 Å². The molecule has 0 bridgehead atoms. The van der Waals surface area contributed by atoms with Crippen LogP contribution in [0.5, 0.6) is 0 Å². The monoisotopic (exact) mass is 250 g/mol. The van der Waals surface area contributed by atoms with Crippen molar-refractivity contribution in [2.75, 3.05) is 32.1 Å². The van der Waals surface area contributed by atoms with Crippen LogP contribution >= 0.6 is 0 Å². The first-order chi connectivity index (χ1) is 8.60. The van der Waals surface area contributed by atoms with Gasteiger partial charge in [0.25, 0.3) is 0 Å². The average Bonchev–Trinajstić information content (AvgIpc) is 2.72. The number of benzene rings is 1. The van der Waals surface area contributed by atoms with Crippen molar-refractivity contribution in [3.63, 3.8) is 0 Å². The van der Waals surface area contributed by atoms with E-state index in [1.165, 1.54) is 12.1 Å². The van der Waals surface area contributed by atoms with Gasteiger partial charge in [-0.25, -0.2) is 9.37 Å². The van der Waals surface area contributed by atoms with Crippen LogP contribution in [-0.2, 0) is 0 Å². The van der Waals surface area contributed by atoms with Crippen molar-refractivity contribution >= 4 is 17.0 Å². The number of hydrogen-bond donors (Lipinski definition) is 2. The number of nitrogens with one attached hydrogen (secondary N) is 2. The van der Waals surface area contributed by atoms with Crippen molar-refractivity contribution in [1.29, 1.82) is 0 Å². The highest BCUT2D eigenvalue weighted by atomic mass is 19.1. The SMILES string of the molecule is CNCC(C)CN(C)c1nc2ccc(F)cc2[nH]1. The average molecular weight is 250 g/mol. The number of halogens is 1. The summed E-state index contributed by atoms with van der Waals surface area (Å²) in [6.07, 6.45) is 0. The Kier molecular flexibility index (Phi) is 3.81. The summed E-state index contributed by atoms with van der Waals surface area (Å²) in [6, 6.07) is 4.59. The topological polar surface area (TPSA) is 44.0 Å².